The van der Waals surface area contributed by atoms with Crippen molar-refractivity contribution in [2.45, 2.75) is 13.3 Å². The smallest absolute Gasteiger partial charge is 0.338 e. The number of benzene rings is 2. The van der Waals surface area contributed by atoms with Gasteiger partial charge in [-0.15, -0.1) is 0 Å². The van der Waals surface area contributed by atoms with Crippen LogP contribution < -0.4 is 0 Å². The van der Waals surface area contributed by atoms with Crippen molar-refractivity contribution in [3.8, 4) is 0 Å². The molecule has 2 aromatic rings. The second-order valence-corrected chi connectivity index (χ2v) is 5.10. The maximum absolute atomic E-state index is 11.9. The van der Waals surface area contributed by atoms with Crippen LogP contribution in [0.1, 0.15) is 28.4 Å². The molecule has 0 radical (unpaired) electrons. The molecular weight excluding hydrogens is 304 g/mol. The molecule has 0 N–H and O–H groups in total. The number of carbonyl (C=O) groups excluding carboxylic acids is 1. The number of esters is 1. The summed E-state index contributed by atoms with van der Waals surface area (Å²) < 4.78 is 6.13. The van der Waals surface area contributed by atoms with E-state index in [0.29, 0.717) is 12.2 Å². The Morgan fingerprint density at radius 2 is 1.79 bits per heavy atom. The monoisotopic (exact) mass is 318 g/mol. The van der Waals surface area contributed by atoms with Crippen molar-refractivity contribution in [1.82, 2.24) is 0 Å². The minimum atomic E-state index is -0.254. The lowest BCUT2D eigenvalue weighted by atomic mass is 10.00. The van der Waals surface area contributed by atoms with Crippen molar-refractivity contribution in [3.63, 3.8) is 0 Å². The predicted octanol–water partition coefficient (Wildman–Crippen LogP) is 4.22. The highest BCUT2D eigenvalue weighted by Crippen LogP contribution is 2.17. The Hall–Kier alpha value is -1.61. The molecule has 0 atom stereocenters. The summed E-state index contributed by atoms with van der Waals surface area (Å²) in [5.74, 6) is -0.254. The molecule has 0 fully saturated rings. The number of hydrogen-bond acceptors (Lipinski definition) is 2. The highest BCUT2D eigenvalue weighted by Gasteiger charge is 2.11. The van der Waals surface area contributed by atoms with E-state index in [4.69, 9.17) is 4.74 Å². The lowest BCUT2D eigenvalue weighted by molar-refractivity contribution is 0.0525. The molecule has 0 saturated carbocycles. The van der Waals surface area contributed by atoms with Gasteiger partial charge in [0.1, 0.15) is 0 Å². The molecular formula is C16H15BrO2. The van der Waals surface area contributed by atoms with Gasteiger partial charge in [-0.1, -0.05) is 46.3 Å². The minimum absolute atomic E-state index is 0.254. The fraction of sp³-hybridized carbons (Fsp3) is 0.188. The molecule has 2 rings (SSSR count). The van der Waals surface area contributed by atoms with Gasteiger partial charge < -0.3 is 4.74 Å². The van der Waals surface area contributed by atoms with Gasteiger partial charge in [0.05, 0.1) is 12.2 Å². The molecule has 0 spiro atoms. The van der Waals surface area contributed by atoms with Crippen molar-refractivity contribution >= 4 is 21.9 Å². The molecule has 0 saturated heterocycles. The number of carbonyl (C=O) groups is 1. The topological polar surface area (TPSA) is 26.3 Å². The average molecular weight is 319 g/mol. The van der Waals surface area contributed by atoms with Crippen LogP contribution in [0.5, 0.6) is 0 Å². The molecule has 3 heteroatoms. The number of hydrogen-bond donors (Lipinski definition) is 0. The summed E-state index contributed by atoms with van der Waals surface area (Å²) in [6, 6.07) is 15.7. The predicted molar refractivity (Wildman–Crippen MR) is 79.3 cm³/mol. The number of halogens is 1. The minimum Gasteiger partial charge on any atom is -0.462 e. The lowest BCUT2D eigenvalue weighted by Crippen LogP contribution is -2.08. The van der Waals surface area contributed by atoms with E-state index in [1.165, 1.54) is 5.56 Å². The zero-order chi connectivity index (χ0) is 13.7. The first-order valence-electron chi connectivity index (χ1n) is 6.20. The molecule has 0 heterocycles. The second kappa shape index (κ2) is 6.53. The fourth-order valence-electron chi connectivity index (χ4n) is 1.90. The van der Waals surface area contributed by atoms with Gasteiger partial charge in [0.25, 0.3) is 0 Å². The van der Waals surface area contributed by atoms with Crippen molar-refractivity contribution < 1.29 is 9.53 Å². The Morgan fingerprint density at radius 1 is 1.11 bits per heavy atom. The van der Waals surface area contributed by atoms with Gasteiger partial charge >= 0.3 is 5.97 Å². The third-order valence-electron chi connectivity index (χ3n) is 2.82. The van der Waals surface area contributed by atoms with Crippen LogP contribution in [0.2, 0.25) is 0 Å². The van der Waals surface area contributed by atoms with Crippen LogP contribution in [-0.4, -0.2) is 12.6 Å². The molecule has 2 aromatic carbocycles. The molecule has 0 aromatic heterocycles. The van der Waals surface area contributed by atoms with E-state index in [9.17, 15) is 4.79 Å². The van der Waals surface area contributed by atoms with Crippen LogP contribution in [0.15, 0.2) is 53.0 Å². The lowest BCUT2D eigenvalue weighted by Gasteiger charge is -2.09. The maximum Gasteiger partial charge on any atom is 0.338 e. The summed E-state index contributed by atoms with van der Waals surface area (Å²) in [5.41, 5.74) is 2.80. The van der Waals surface area contributed by atoms with Crippen molar-refractivity contribution in [3.05, 3.63) is 69.7 Å². The van der Waals surface area contributed by atoms with Crippen LogP contribution in [0.4, 0.5) is 0 Å². The first kappa shape index (κ1) is 13.8. The zero-order valence-electron chi connectivity index (χ0n) is 10.7. The Balaban J connectivity index is 2.24. The van der Waals surface area contributed by atoms with E-state index in [-0.39, 0.29) is 5.97 Å². The van der Waals surface area contributed by atoms with Crippen molar-refractivity contribution in [1.29, 1.82) is 0 Å². The van der Waals surface area contributed by atoms with Gasteiger partial charge in [-0.3, -0.25) is 0 Å². The Kier molecular flexibility index (Phi) is 4.74. The van der Waals surface area contributed by atoms with Crippen LogP contribution in [0, 0.1) is 0 Å². The summed E-state index contributed by atoms with van der Waals surface area (Å²) in [5, 5.41) is 0. The Labute approximate surface area is 121 Å². The van der Waals surface area contributed by atoms with Crippen LogP contribution in [0.25, 0.3) is 0 Å². The molecule has 0 aliphatic heterocycles. The molecule has 0 amide bonds. The first-order valence-corrected chi connectivity index (χ1v) is 6.99. The summed E-state index contributed by atoms with van der Waals surface area (Å²) in [6.07, 6.45) is 0.724. The van der Waals surface area contributed by atoms with Gasteiger partial charge in [0.15, 0.2) is 0 Å². The molecule has 0 aliphatic carbocycles. The standard InChI is InChI=1S/C16H15BrO2/c1-2-19-16(18)15-6-4-3-5-13(15)11-12-7-9-14(17)10-8-12/h3-10H,2,11H2,1H3. The van der Waals surface area contributed by atoms with Crippen molar-refractivity contribution in [2.75, 3.05) is 6.61 Å². The third-order valence-corrected chi connectivity index (χ3v) is 3.35. The molecule has 0 bridgehead atoms. The maximum atomic E-state index is 11.9. The van der Waals surface area contributed by atoms with Gasteiger partial charge in [-0.05, 0) is 42.7 Å². The van der Waals surface area contributed by atoms with E-state index in [1.807, 2.05) is 55.5 Å². The molecule has 19 heavy (non-hydrogen) atoms. The van der Waals surface area contributed by atoms with E-state index in [0.717, 1.165) is 16.5 Å². The van der Waals surface area contributed by atoms with Gasteiger partial charge in [0.2, 0.25) is 0 Å². The van der Waals surface area contributed by atoms with Crippen molar-refractivity contribution in [2.24, 2.45) is 0 Å². The van der Waals surface area contributed by atoms with Gasteiger partial charge in [0, 0.05) is 4.47 Å². The van der Waals surface area contributed by atoms with Crippen LogP contribution in [-0.2, 0) is 11.2 Å². The molecule has 0 unspecified atom stereocenters. The zero-order valence-corrected chi connectivity index (χ0v) is 12.3. The number of ether oxygens (including phenoxy) is 1. The summed E-state index contributed by atoms with van der Waals surface area (Å²) in [4.78, 5) is 11.9. The van der Waals surface area contributed by atoms with Crippen LogP contribution in [0.3, 0.4) is 0 Å². The molecule has 98 valence electrons. The largest absolute Gasteiger partial charge is 0.462 e. The normalized spacial score (nSPS) is 10.2. The first-order chi connectivity index (χ1) is 9.20. The molecule has 0 aliphatic rings. The molecule has 2 nitrogen and oxygen atoms in total. The third kappa shape index (κ3) is 3.67. The summed E-state index contributed by atoms with van der Waals surface area (Å²) in [6.45, 7) is 2.21. The SMILES string of the molecule is CCOC(=O)c1ccccc1Cc1ccc(Br)cc1. The highest BCUT2D eigenvalue weighted by atomic mass is 79.9. The van der Waals surface area contributed by atoms with Crippen LogP contribution >= 0.6 is 15.9 Å². The summed E-state index contributed by atoms with van der Waals surface area (Å²) >= 11 is 3.41. The number of rotatable bonds is 4. The fourth-order valence-corrected chi connectivity index (χ4v) is 2.17. The van der Waals surface area contributed by atoms with E-state index < -0.39 is 0 Å². The Morgan fingerprint density at radius 3 is 2.47 bits per heavy atom. The van der Waals surface area contributed by atoms with E-state index >= 15 is 0 Å². The van der Waals surface area contributed by atoms with Gasteiger partial charge in [-0.2, -0.15) is 0 Å². The van der Waals surface area contributed by atoms with Gasteiger partial charge in [-0.25, -0.2) is 4.79 Å². The quantitative estimate of drug-likeness (QED) is 0.789. The highest BCUT2D eigenvalue weighted by molar-refractivity contribution is 9.10. The second-order valence-electron chi connectivity index (χ2n) is 4.18. The van der Waals surface area contributed by atoms with E-state index in [1.54, 1.807) is 0 Å². The summed E-state index contributed by atoms with van der Waals surface area (Å²) in [7, 11) is 0. The Bertz CT molecular complexity index is 561. The van der Waals surface area contributed by atoms with E-state index in [2.05, 4.69) is 15.9 Å². The average Bonchev–Trinajstić information content (AvgIpc) is 2.42.